The molecule has 0 bridgehead atoms. The Morgan fingerprint density at radius 3 is 2.38 bits per heavy atom. The van der Waals surface area contributed by atoms with Gasteiger partial charge in [0.1, 0.15) is 23.0 Å². The molecule has 0 atom stereocenters. The number of hydrogen-bond acceptors (Lipinski definition) is 6. The number of halogens is 5. The molecule has 8 nitrogen and oxygen atoms in total. The third-order valence-electron chi connectivity index (χ3n) is 6.23. The van der Waals surface area contributed by atoms with Gasteiger partial charge in [0.2, 0.25) is 10.0 Å². The van der Waals surface area contributed by atoms with Crippen molar-refractivity contribution in [2.45, 2.75) is 31.9 Å². The number of nitrogens with one attached hydrogen (secondary N) is 2. The summed E-state index contributed by atoms with van der Waals surface area (Å²) in [5.41, 5.74) is -0.473. The van der Waals surface area contributed by atoms with Gasteiger partial charge in [0.15, 0.2) is 11.6 Å². The third-order valence-corrected chi connectivity index (χ3v) is 7.49. The predicted octanol–water partition coefficient (Wildman–Crippen LogP) is 5.18. The van der Waals surface area contributed by atoms with E-state index in [1.54, 1.807) is 24.7 Å². The van der Waals surface area contributed by atoms with Crippen molar-refractivity contribution in [3.63, 3.8) is 0 Å². The molecule has 4 aromatic rings. The second-order valence-electron chi connectivity index (χ2n) is 9.26. The zero-order chi connectivity index (χ0) is 27.9. The quantitative estimate of drug-likeness (QED) is 0.214. The molecule has 1 aliphatic rings. The summed E-state index contributed by atoms with van der Waals surface area (Å²) in [6.07, 6.45) is 2.70. The van der Waals surface area contributed by atoms with E-state index in [9.17, 15) is 30.8 Å². The minimum absolute atomic E-state index is 0.0398. The summed E-state index contributed by atoms with van der Waals surface area (Å²) >= 11 is 0. The fourth-order valence-corrected chi connectivity index (χ4v) is 5.06. The lowest BCUT2D eigenvalue weighted by molar-refractivity contribution is -0.129. The van der Waals surface area contributed by atoms with E-state index < -0.39 is 57.0 Å². The average molecular weight is 566 g/mol. The normalized spacial score (nSPS) is 14.1. The van der Waals surface area contributed by atoms with Crippen LogP contribution in [0.1, 0.15) is 41.0 Å². The highest BCUT2D eigenvalue weighted by molar-refractivity contribution is 7.92. The lowest BCUT2D eigenvalue weighted by Gasteiger charge is -2.13. The highest BCUT2D eigenvalue weighted by Crippen LogP contribution is 2.32. The second kappa shape index (κ2) is 9.98. The Morgan fingerprint density at radius 2 is 1.72 bits per heavy atom. The van der Waals surface area contributed by atoms with Crippen LogP contribution in [0.25, 0.3) is 22.2 Å². The Morgan fingerprint density at radius 1 is 1.03 bits per heavy atom. The highest BCUT2D eigenvalue weighted by Gasteiger charge is 2.31. The van der Waals surface area contributed by atoms with E-state index in [0.29, 0.717) is 34.1 Å². The smallest absolute Gasteiger partial charge is 0.345 e. The first-order chi connectivity index (χ1) is 18.4. The van der Waals surface area contributed by atoms with Gasteiger partial charge in [-0.15, -0.1) is 0 Å². The topological polar surface area (TPSA) is 118 Å². The van der Waals surface area contributed by atoms with Gasteiger partial charge in [-0.25, -0.2) is 32.2 Å². The number of benzene rings is 1. The number of anilines is 1. The summed E-state index contributed by atoms with van der Waals surface area (Å²) in [5, 5.41) is 0.301. The van der Waals surface area contributed by atoms with E-state index in [2.05, 4.69) is 19.9 Å². The van der Waals surface area contributed by atoms with Crippen LogP contribution >= 0.6 is 0 Å². The van der Waals surface area contributed by atoms with E-state index in [0.717, 1.165) is 31.2 Å². The Bertz CT molecular complexity index is 1670. The Hall–Kier alpha value is -3.94. The van der Waals surface area contributed by atoms with E-state index in [1.165, 1.54) is 10.9 Å². The Kier molecular flexibility index (Phi) is 6.83. The summed E-state index contributed by atoms with van der Waals surface area (Å²) in [7, 11) is -4.78. The van der Waals surface area contributed by atoms with Crippen molar-refractivity contribution in [1.29, 1.82) is 0 Å². The van der Waals surface area contributed by atoms with E-state index in [-0.39, 0.29) is 5.56 Å². The molecule has 1 fully saturated rings. The minimum Gasteiger partial charge on any atom is -0.345 e. The summed E-state index contributed by atoms with van der Waals surface area (Å²) in [6, 6.07) is 3.09. The lowest BCUT2D eigenvalue weighted by Crippen LogP contribution is -2.23. The Balaban J connectivity index is 1.44. The molecule has 0 aliphatic heterocycles. The monoisotopic (exact) mass is 565 g/mol. The van der Waals surface area contributed by atoms with Gasteiger partial charge >= 0.3 is 6.18 Å². The van der Waals surface area contributed by atoms with Crippen LogP contribution in [0.15, 0.2) is 43.0 Å². The molecule has 14 heteroatoms. The van der Waals surface area contributed by atoms with Gasteiger partial charge in [0.05, 0.1) is 17.7 Å². The average Bonchev–Trinajstić information content (AvgIpc) is 3.60. The van der Waals surface area contributed by atoms with E-state index in [1.807, 2.05) is 0 Å². The number of carbonyl (C=O) groups excluding carboxylic acids is 1. The van der Waals surface area contributed by atoms with Crippen LogP contribution in [0, 0.1) is 17.6 Å². The first kappa shape index (κ1) is 26.7. The standard InChI is InChI=1S/C25H20F5N5O3S/c26-19-4-3-16(21(27)22(19)35-39(37,38)6-5-25(28,29)30)23(36)18-12-34-24-17(18)8-14(9-33-24)15-10-31-20(32-11-15)7-13-1-2-13/h3-4,8-13,35H,1-2,5-7H2,(H,33,34). The summed E-state index contributed by atoms with van der Waals surface area (Å²) in [6.45, 7) is 0. The van der Waals surface area contributed by atoms with Gasteiger partial charge < -0.3 is 4.98 Å². The number of fused-ring (bicyclic) bond motifs is 1. The molecule has 1 aliphatic carbocycles. The van der Waals surface area contributed by atoms with Crippen molar-refractivity contribution in [2.75, 3.05) is 10.5 Å². The first-order valence-electron chi connectivity index (χ1n) is 11.8. The van der Waals surface area contributed by atoms with Crippen molar-refractivity contribution < 1.29 is 35.2 Å². The maximum atomic E-state index is 15.2. The number of H-pyrrole nitrogens is 1. The molecule has 0 radical (unpaired) electrons. The zero-order valence-electron chi connectivity index (χ0n) is 20.0. The molecular formula is C25H20F5N5O3S. The molecule has 0 unspecified atom stereocenters. The summed E-state index contributed by atoms with van der Waals surface area (Å²) in [4.78, 5) is 29.1. The van der Waals surface area contributed by atoms with E-state index in [4.69, 9.17) is 0 Å². The van der Waals surface area contributed by atoms with Crippen LogP contribution in [0.2, 0.25) is 0 Å². The second-order valence-corrected chi connectivity index (χ2v) is 11.1. The maximum absolute atomic E-state index is 15.2. The summed E-state index contributed by atoms with van der Waals surface area (Å²) < 4.78 is 92.4. The summed E-state index contributed by atoms with van der Waals surface area (Å²) in [5.74, 6) is -3.99. The van der Waals surface area contributed by atoms with Gasteiger partial charge in [0, 0.05) is 53.3 Å². The van der Waals surface area contributed by atoms with Crippen LogP contribution in [0.5, 0.6) is 0 Å². The SMILES string of the molecule is O=C(c1ccc(F)c(NS(=O)(=O)CCC(F)(F)F)c1F)c1c[nH]c2ncc(-c3cnc(CC4CC4)nc3)cc12. The number of carbonyl (C=O) groups is 1. The number of aromatic nitrogens is 4. The van der Waals surface area contributed by atoms with Gasteiger partial charge in [0.25, 0.3) is 0 Å². The first-order valence-corrected chi connectivity index (χ1v) is 13.4. The molecule has 1 saturated carbocycles. The molecule has 1 aromatic carbocycles. The van der Waals surface area contributed by atoms with Gasteiger partial charge in [-0.2, -0.15) is 13.2 Å². The minimum atomic E-state index is -4.79. The number of nitrogens with zero attached hydrogens (tertiary/aromatic N) is 3. The molecule has 204 valence electrons. The Labute approximate surface area is 218 Å². The van der Waals surface area contributed by atoms with Crippen molar-refractivity contribution in [3.05, 3.63) is 71.6 Å². The molecule has 0 spiro atoms. The van der Waals surface area contributed by atoms with Gasteiger partial charge in [-0.3, -0.25) is 9.52 Å². The van der Waals surface area contributed by atoms with Crippen molar-refractivity contribution >= 4 is 32.5 Å². The molecule has 5 rings (SSSR count). The number of sulfonamides is 1. The van der Waals surface area contributed by atoms with Crippen LogP contribution in [0.3, 0.4) is 0 Å². The fraction of sp³-hybridized carbons (Fsp3) is 0.280. The molecule has 2 N–H and O–H groups in total. The number of aromatic amines is 1. The van der Waals surface area contributed by atoms with Crippen LogP contribution in [0.4, 0.5) is 27.6 Å². The molecule has 3 heterocycles. The maximum Gasteiger partial charge on any atom is 0.390 e. The number of pyridine rings is 1. The number of ketones is 1. The van der Waals surface area contributed by atoms with Crippen molar-refractivity contribution in [1.82, 2.24) is 19.9 Å². The molecule has 39 heavy (non-hydrogen) atoms. The molecule has 0 saturated heterocycles. The number of hydrogen-bond donors (Lipinski definition) is 2. The number of alkyl halides is 3. The van der Waals surface area contributed by atoms with Gasteiger partial charge in [-0.1, -0.05) is 0 Å². The van der Waals surface area contributed by atoms with E-state index >= 15 is 4.39 Å². The predicted molar refractivity (Wildman–Crippen MR) is 131 cm³/mol. The van der Waals surface area contributed by atoms with Crippen molar-refractivity contribution in [3.8, 4) is 11.1 Å². The molecular weight excluding hydrogens is 545 g/mol. The van der Waals surface area contributed by atoms with Crippen molar-refractivity contribution in [2.24, 2.45) is 5.92 Å². The van der Waals surface area contributed by atoms with Crippen LogP contribution < -0.4 is 4.72 Å². The fourth-order valence-electron chi connectivity index (χ4n) is 3.96. The third kappa shape index (κ3) is 6.05. The lowest BCUT2D eigenvalue weighted by atomic mass is 10.0. The van der Waals surface area contributed by atoms with Crippen LogP contribution in [-0.2, 0) is 16.4 Å². The highest BCUT2D eigenvalue weighted by atomic mass is 32.2. The zero-order valence-corrected chi connectivity index (χ0v) is 20.8. The largest absolute Gasteiger partial charge is 0.390 e. The van der Waals surface area contributed by atoms with Crippen LogP contribution in [-0.4, -0.2) is 46.1 Å². The van der Waals surface area contributed by atoms with Gasteiger partial charge in [-0.05, 0) is 37.0 Å². The molecule has 3 aromatic heterocycles. The molecule has 0 amide bonds. The number of rotatable bonds is 9.